The monoisotopic (exact) mass is 272 g/mol. The van der Waals surface area contributed by atoms with Crippen molar-refractivity contribution in [2.45, 2.75) is 0 Å². The number of nitrogens with one attached hydrogen (secondary N) is 1. The number of carbonyl (C=O) groups excluding carboxylic acids is 2. The van der Waals surface area contributed by atoms with E-state index in [1.165, 1.54) is 11.3 Å². The van der Waals surface area contributed by atoms with Gasteiger partial charge in [0, 0.05) is 10.9 Å². The zero-order valence-corrected chi connectivity index (χ0v) is 10.4. The molecule has 0 aliphatic carbocycles. The molecule has 2 amide bonds. The zero-order chi connectivity index (χ0) is 13.8. The van der Waals surface area contributed by atoms with Crippen molar-refractivity contribution < 1.29 is 9.59 Å². The third-order valence-electron chi connectivity index (χ3n) is 2.24. The van der Waals surface area contributed by atoms with E-state index in [2.05, 4.69) is 10.3 Å². The topological polar surface area (TPSA) is 109 Å². The maximum absolute atomic E-state index is 11.1. The first-order valence-corrected chi connectivity index (χ1v) is 6.05. The van der Waals surface area contributed by atoms with E-state index in [0.29, 0.717) is 11.3 Å². The molecule has 2 rings (SSSR count). The van der Waals surface area contributed by atoms with Crippen molar-refractivity contribution in [3.63, 3.8) is 0 Å². The number of hydrogen-bond donors (Lipinski definition) is 2. The van der Waals surface area contributed by atoms with Gasteiger partial charge in [-0.2, -0.15) is 5.26 Å². The zero-order valence-electron chi connectivity index (χ0n) is 9.58. The number of rotatable bonds is 2. The molecule has 0 radical (unpaired) electrons. The van der Waals surface area contributed by atoms with Crippen LogP contribution in [0.15, 0.2) is 29.6 Å². The molecule has 6 nitrogen and oxygen atoms in total. The predicted octanol–water partition coefficient (Wildman–Crippen LogP) is 1.11. The van der Waals surface area contributed by atoms with Crippen LogP contribution in [0, 0.1) is 11.3 Å². The van der Waals surface area contributed by atoms with Gasteiger partial charge in [-0.15, -0.1) is 11.3 Å². The Labute approximate surface area is 112 Å². The minimum absolute atomic E-state index is 0.279. The fourth-order valence-electron chi connectivity index (χ4n) is 1.37. The lowest BCUT2D eigenvalue weighted by molar-refractivity contribution is -0.134. The summed E-state index contributed by atoms with van der Waals surface area (Å²) < 4.78 is 0. The molecule has 1 heterocycles. The lowest BCUT2D eigenvalue weighted by Gasteiger charge is -1.97. The van der Waals surface area contributed by atoms with Crippen LogP contribution >= 0.6 is 11.3 Å². The fourth-order valence-corrected chi connectivity index (χ4v) is 2.09. The lowest BCUT2D eigenvalue weighted by atomic mass is 10.1. The Hall–Kier alpha value is -2.72. The minimum Gasteiger partial charge on any atom is -0.361 e. The molecule has 0 spiro atoms. The molecule has 0 aliphatic heterocycles. The molecule has 19 heavy (non-hydrogen) atoms. The van der Waals surface area contributed by atoms with E-state index in [4.69, 9.17) is 11.0 Å². The highest BCUT2D eigenvalue weighted by atomic mass is 32.1. The van der Waals surface area contributed by atoms with E-state index in [-0.39, 0.29) is 5.13 Å². The third kappa shape index (κ3) is 2.94. The van der Waals surface area contributed by atoms with Gasteiger partial charge in [0.1, 0.15) is 0 Å². The predicted molar refractivity (Wildman–Crippen MR) is 70.1 cm³/mol. The number of hydrogen-bond acceptors (Lipinski definition) is 5. The standard InChI is InChI=1S/C12H8N4O2S/c13-5-7-2-1-3-8(4-7)9-6-19-12(15-9)16-11(18)10(14)17/h1-4,6H,(H2,14,17)(H,15,16,18). The molecule has 0 atom stereocenters. The number of nitriles is 1. The van der Waals surface area contributed by atoms with Gasteiger partial charge >= 0.3 is 11.8 Å². The second-order valence-electron chi connectivity index (χ2n) is 3.55. The summed E-state index contributed by atoms with van der Waals surface area (Å²) in [4.78, 5) is 25.9. The number of carbonyl (C=O) groups is 2. The van der Waals surface area contributed by atoms with Gasteiger partial charge in [-0.25, -0.2) is 4.98 Å². The number of aromatic nitrogens is 1. The van der Waals surface area contributed by atoms with Crippen molar-refractivity contribution in [2.75, 3.05) is 5.32 Å². The molecule has 2 aromatic rings. The van der Waals surface area contributed by atoms with Gasteiger partial charge in [-0.1, -0.05) is 12.1 Å². The number of benzene rings is 1. The third-order valence-corrected chi connectivity index (χ3v) is 2.99. The first kappa shape index (κ1) is 12.7. The van der Waals surface area contributed by atoms with E-state index in [1.807, 2.05) is 6.07 Å². The second-order valence-corrected chi connectivity index (χ2v) is 4.41. The summed E-state index contributed by atoms with van der Waals surface area (Å²) in [7, 11) is 0. The molecule has 0 saturated heterocycles. The highest BCUT2D eigenvalue weighted by Gasteiger charge is 2.12. The highest BCUT2D eigenvalue weighted by molar-refractivity contribution is 7.14. The van der Waals surface area contributed by atoms with Crippen LogP contribution in [-0.4, -0.2) is 16.8 Å². The van der Waals surface area contributed by atoms with Gasteiger partial charge in [0.05, 0.1) is 17.3 Å². The normalized spacial score (nSPS) is 9.63. The highest BCUT2D eigenvalue weighted by Crippen LogP contribution is 2.25. The molecule has 3 N–H and O–H groups in total. The van der Waals surface area contributed by atoms with Crippen LogP contribution < -0.4 is 11.1 Å². The molecule has 0 bridgehead atoms. The van der Waals surface area contributed by atoms with Gasteiger partial charge < -0.3 is 5.73 Å². The maximum atomic E-state index is 11.1. The van der Waals surface area contributed by atoms with Crippen LogP contribution in [0.3, 0.4) is 0 Å². The van der Waals surface area contributed by atoms with Crippen LogP contribution in [-0.2, 0) is 9.59 Å². The summed E-state index contributed by atoms with van der Waals surface area (Å²) in [6, 6.07) is 8.96. The van der Waals surface area contributed by atoms with Gasteiger partial charge in [-0.3, -0.25) is 14.9 Å². The van der Waals surface area contributed by atoms with Crippen LogP contribution in [0.2, 0.25) is 0 Å². The van der Waals surface area contributed by atoms with Crippen LogP contribution in [0.1, 0.15) is 5.56 Å². The largest absolute Gasteiger partial charge is 0.361 e. The van der Waals surface area contributed by atoms with Crippen molar-refractivity contribution in [1.82, 2.24) is 4.98 Å². The van der Waals surface area contributed by atoms with E-state index >= 15 is 0 Å². The molecule has 0 aliphatic rings. The summed E-state index contributed by atoms with van der Waals surface area (Å²) >= 11 is 1.17. The Balaban J connectivity index is 2.23. The number of thiazole rings is 1. The Morgan fingerprint density at radius 3 is 2.89 bits per heavy atom. The van der Waals surface area contributed by atoms with Gasteiger partial charge in [0.2, 0.25) is 0 Å². The maximum Gasteiger partial charge on any atom is 0.315 e. The van der Waals surface area contributed by atoms with Gasteiger partial charge in [0.15, 0.2) is 5.13 Å². The fraction of sp³-hybridized carbons (Fsp3) is 0. The molecular formula is C12H8N4O2S. The first-order valence-electron chi connectivity index (χ1n) is 5.17. The average Bonchev–Trinajstić information content (AvgIpc) is 2.87. The molecule has 0 unspecified atom stereocenters. The minimum atomic E-state index is -1.07. The van der Waals surface area contributed by atoms with Crippen molar-refractivity contribution in [2.24, 2.45) is 5.73 Å². The van der Waals surface area contributed by atoms with Crippen LogP contribution in [0.5, 0.6) is 0 Å². The Morgan fingerprint density at radius 2 is 2.21 bits per heavy atom. The van der Waals surface area contributed by atoms with E-state index < -0.39 is 11.8 Å². The molecule has 7 heteroatoms. The van der Waals surface area contributed by atoms with Crippen molar-refractivity contribution >= 4 is 28.3 Å². The molecule has 0 saturated carbocycles. The summed E-state index contributed by atoms with van der Waals surface area (Å²) in [6.07, 6.45) is 0. The Kier molecular flexibility index (Phi) is 3.54. The molecule has 0 fully saturated rings. The summed E-state index contributed by atoms with van der Waals surface area (Å²) in [5, 5.41) is 13.1. The van der Waals surface area contributed by atoms with Gasteiger partial charge in [-0.05, 0) is 12.1 Å². The van der Waals surface area contributed by atoms with Crippen LogP contribution in [0.4, 0.5) is 5.13 Å². The number of anilines is 1. The molecule has 1 aromatic heterocycles. The lowest BCUT2D eigenvalue weighted by Crippen LogP contribution is -2.29. The summed E-state index contributed by atoms with van der Waals surface area (Å²) in [6.45, 7) is 0. The van der Waals surface area contributed by atoms with Gasteiger partial charge in [0.25, 0.3) is 0 Å². The second kappa shape index (κ2) is 5.29. The van der Waals surface area contributed by atoms with Crippen molar-refractivity contribution in [1.29, 1.82) is 5.26 Å². The summed E-state index contributed by atoms with van der Waals surface area (Å²) in [5.41, 5.74) is 6.72. The number of amides is 2. The van der Waals surface area contributed by atoms with E-state index in [0.717, 1.165) is 5.56 Å². The molecule has 94 valence electrons. The number of primary amides is 1. The van der Waals surface area contributed by atoms with Crippen molar-refractivity contribution in [3.05, 3.63) is 35.2 Å². The molecule has 1 aromatic carbocycles. The quantitative estimate of drug-likeness (QED) is 0.798. The molecular weight excluding hydrogens is 264 g/mol. The average molecular weight is 272 g/mol. The van der Waals surface area contributed by atoms with Crippen LogP contribution in [0.25, 0.3) is 11.3 Å². The Morgan fingerprint density at radius 1 is 1.42 bits per heavy atom. The number of nitrogens with zero attached hydrogens (tertiary/aromatic N) is 2. The SMILES string of the molecule is N#Cc1cccc(-c2csc(NC(=O)C(N)=O)n2)c1. The van der Waals surface area contributed by atoms with Crippen molar-refractivity contribution in [3.8, 4) is 17.3 Å². The summed E-state index contributed by atoms with van der Waals surface area (Å²) in [5.74, 6) is -1.98. The first-order chi connectivity index (χ1) is 9.10. The van der Waals surface area contributed by atoms with E-state index in [9.17, 15) is 9.59 Å². The van der Waals surface area contributed by atoms with E-state index in [1.54, 1.807) is 29.6 Å². The number of nitrogens with two attached hydrogens (primary N) is 1. The smallest absolute Gasteiger partial charge is 0.315 e. The Bertz CT molecular complexity index is 687.